The minimum Gasteiger partial charge on any atom is -0.398 e. The fraction of sp³-hybridized carbons (Fsp3) is 0.120. The number of aromatic nitrogens is 3. The summed E-state index contributed by atoms with van der Waals surface area (Å²) in [6.45, 7) is 2.02. The molecule has 31 heavy (non-hydrogen) atoms. The van der Waals surface area contributed by atoms with Crippen LogP contribution in [-0.4, -0.2) is 13.7 Å². The molecule has 0 bridgehead atoms. The molecule has 5 aromatic rings. The Morgan fingerprint density at radius 1 is 0.806 bits per heavy atom. The summed E-state index contributed by atoms with van der Waals surface area (Å²) in [5.74, 6) is 0. The van der Waals surface area contributed by atoms with Crippen molar-refractivity contribution in [3.05, 3.63) is 93.3 Å². The molecule has 6 heteroatoms. The molecule has 0 amide bonds. The molecule has 0 spiro atoms. The van der Waals surface area contributed by atoms with Gasteiger partial charge in [-0.1, -0.05) is 54.1 Å². The van der Waals surface area contributed by atoms with Gasteiger partial charge in [0, 0.05) is 31.4 Å². The molecular formula is C25H22N4O2. The van der Waals surface area contributed by atoms with Gasteiger partial charge in [0.05, 0.1) is 22.3 Å². The lowest BCUT2D eigenvalue weighted by Gasteiger charge is -2.14. The highest BCUT2D eigenvalue weighted by atomic mass is 16.2. The largest absolute Gasteiger partial charge is 0.398 e. The van der Waals surface area contributed by atoms with Gasteiger partial charge < -0.3 is 10.3 Å². The summed E-state index contributed by atoms with van der Waals surface area (Å²) in [7, 11) is 3.20. The molecule has 0 atom stereocenters. The van der Waals surface area contributed by atoms with Gasteiger partial charge in [0.1, 0.15) is 0 Å². The molecular weight excluding hydrogens is 388 g/mol. The smallest absolute Gasteiger partial charge is 0.330 e. The average molecular weight is 410 g/mol. The first-order valence-electron chi connectivity index (χ1n) is 10.0. The van der Waals surface area contributed by atoms with Gasteiger partial charge in [-0.2, -0.15) is 0 Å². The first-order valence-corrected chi connectivity index (χ1v) is 10.0. The third-order valence-electron chi connectivity index (χ3n) is 5.94. The van der Waals surface area contributed by atoms with E-state index in [1.807, 2.05) is 78.4 Å². The highest BCUT2D eigenvalue weighted by Crippen LogP contribution is 2.35. The van der Waals surface area contributed by atoms with Crippen molar-refractivity contribution in [1.29, 1.82) is 0 Å². The van der Waals surface area contributed by atoms with E-state index in [1.165, 1.54) is 11.6 Å². The average Bonchev–Trinajstić information content (AvgIpc) is 3.17. The van der Waals surface area contributed by atoms with Crippen molar-refractivity contribution < 1.29 is 0 Å². The van der Waals surface area contributed by atoms with E-state index in [1.54, 1.807) is 7.05 Å². The molecule has 5 rings (SSSR count). The van der Waals surface area contributed by atoms with Gasteiger partial charge in [-0.3, -0.25) is 13.9 Å². The van der Waals surface area contributed by atoms with E-state index in [2.05, 4.69) is 0 Å². The van der Waals surface area contributed by atoms with Crippen LogP contribution in [0.4, 0.5) is 5.69 Å². The lowest BCUT2D eigenvalue weighted by atomic mass is 10.0. The Hall–Kier alpha value is -4.06. The number of benzene rings is 3. The molecule has 2 heterocycles. The van der Waals surface area contributed by atoms with Crippen LogP contribution in [0.2, 0.25) is 0 Å². The number of fused-ring (bicyclic) bond motifs is 2. The molecule has 2 aromatic heterocycles. The lowest BCUT2D eigenvalue weighted by Crippen LogP contribution is -2.36. The minimum atomic E-state index is -0.359. The van der Waals surface area contributed by atoms with Crippen LogP contribution in [0.5, 0.6) is 0 Å². The monoisotopic (exact) mass is 410 g/mol. The number of hydrogen-bond acceptors (Lipinski definition) is 3. The second kappa shape index (κ2) is 6.74. The molecule has 154 valence electrons. The van der Waals surface area contributed by atoms with E-state index in [0.717, 1.165) is 37.8 Å². The van der Waals surface area contributed by atoms with Crippen LogP contribution in [0.3, 0.4) is 0 Å². The number of anilines is 1. The highest BCUT2D eigenvalue weighted by molar-refractivity contribution is 6.02. The zero-order valence-corrected chi connectivity index (χ0v) is 17.6. The van der Waals surface area contributed by atoms with E-state index in [-0.39, 0.29) is 11.2 Å². The molecule has 0 unspecified atom stereocenters. The summed E-state index contributed by atoms with van der Waals surface area (Å²) in [6.07, 6.45) is 1.86. The fourth-order valence-corrected chi connectivity index (χ4v) is 4.28. The number of nitrogens with two attached hydrogens (primary N) is 1. The molecule has 6 nitrogen and oxygen atoms in total. The maximum absolute atomic E-state index is 13.2. The van der Waals surface area contributed by atoms with Gasteiger partial charge in [0.25, 0.3) is 5.56 Å². The first kappa shape index (κ1) is 18.9. The lowest BCUT2D eigenvalue weighted by molar-refractivity contribution is 0.714. The van der Waals surface area contributed by atoms with Gasteiger partial charge >= 0.3 is 5.69 Å². The number of hydrogen-bond donors (Lipinski definition) is 1. The number of nitrogens with zero attached hydrogens (tertiary/aromatic N) is 3. The van der Waals surface area contributed by atoms with E-state index in [9.17, 15) is 9.59 Å². The van der Waals surface area contributed by atoms with Crippen molar-refractivity contribution in [2.45, 2.75) is 6.92 Å². The molecule has 0 aliphatic rings. The van der Waals surface area contributed by atoms with E-state index in [0.29, 0.717) is 16.6 Å². The zero-order chi connectivity index (χ0) is 21.9. The van der Waals surface area contributed by atoms with Crippen molar-refractivity contribution in [3.63, 3.8) is 0 Å². The SMILES string of the molecule is Cc1ccc(-c2c3c(=O)n(C)c(=O)n(C)c3cn2-c2cccc3cccc(N)c23)cc1. The third-order valence-corrected chi connectivity index (χ3v) is 5.94. The van der Waals surface area contributed by atoms with Crippen LogP contribution in [0, 0.1) is 6.92 Å². The number of rotatable bonds is 2. The zero-order valence-electron chi connectivity index (χ0n) is 17.6. The summed E-state index contributed by atoms with van der Waals surface area (Å²) in [5.41, 5.74) is 10.5. The van der Waals surface area contributed by atoms with Crippen LogP contribution in [0.1, 0.15) is 5.56 Å². The predicted octanol–water partition coefficient (Wildman–Crippen LogP) is 3.74. The second-order valence-electron chi connectivity index (χ2n) is 7.90. The Morgan fingerprint density at radius 2 is 1.48 bits per heavy atom. The predicted molar refractivity (Wildman–Crippen MR) is 126 cm³/mol. The standard InChI is InChI=1S/C25H22N4O2/c1-15-10-12-17(13-11-15)23-22-20(27(2)25(31)28(3)24(22)30)14-29(23)19-9-5-7-16-6-4-8-18(26)21(16)19/h4-14H,26H2,1-3H3. The maximum atomic E-state index is 13.2. The molecule has 0 saturated heterocycles. The van der Waals surface area contributed by atoms with Crippen molar-refractivity contribution in [2.24, 2.45) is 14.1 Å². The molecule has 0 aliphatic heterocycles. The van der Waals surface area contributed by atoms with Crippen molar-refractivity contribution in [2.75, 3.05) is 5.73 Å². The minimum absolute atomic E-state index is 0.319. The molecule has 0 aliphatic carbocycles. The first-order chi connectivity index (χ1) is 14.9. The summed E-state index contributed by atoms with van der Waals surface area (Å²) in [6, 6.07) is 19.8. The maximum Gasteiger partial charge on any atom is 0.330 e. The molecule has 0 radical (unpaired) electrons. The van der Waals surface area contributed by atoms with E-state index >= 15 is 0 Å². The van der Waals surface area contributed by atoms with Gasteiger partial charge in [-0.15, -0.1) is 0 Å². The van der Waals surface area contributed by atoms with Crippen LogP contribution in [0.25, 0.3) is 38.6 Å². The fourth-order valence-electron chi connectivity index (χ4n) is 4.28. The van der Waals surface area contributed by atoms with Gasteiger partial charge in [0.2, 0.25) is 0 Å². The van der Waals surface area contributed by atoms with Gasteiger partial charge in [-0.25, -0.2) is 4.79 Å². The van der Waals surface area contributed by atoms with Crippen LogP contribution in [-0.2, 0) is 14.1 Å². The van der Waals surface area contributed by atoms with Crippen LogP contribution < -0.4 is 17.0 Å². The van der Waals surface area contributed by atoms with Crippen LogP contribution in [0.15, 0.2) is 76.4 Å². The highest BCUT2D eigenvalue weighted by Gasteiger charge is 2.21. The molecule has 2 N–H and O–H groups in total. The summed E-state index contributed by atoms with van der Waals surface area (Å²) >= 11 is 0. The third kappa shape index (κ3) is 2.72. The quantitative estimate of drug-likeness (QED) is 0.451. The summed E-state index contributed by atoms with van der Waals surface area (Å²) in [5, 5.41) is 2.41. The van der Waals surface area contributed by atoms with E-state index < -0.39 is 0 Å². The van der Waals surface area contributed by atoms with E-state index in [4.69, 9.17) is 5.73 Å². The summed E-state index contributed by atoms with van der Waals surface area (Å²) in [4.78, 5) is 25.9. The molecule has 0 fully saturated rings. The van der Waals surface area contributed by atoms with Crippen molar-refractivity contribution in [1.82, 2.24) is 13.7 Å². The van der Waals surface area contributed by atoms with Crippen molar-refractivity contribution >= 4 is 27.4 Å². The number of aryl methyl sites for hydroxylation is 2. The Balaban J connectivity index is 2.02. The topological polar surface area (TPSA) is 75.0 Å². The summed E-state index contributed by atoms with van der Waals surface area (Å²) < 4.78 is 4.65. The second-order valence-corrected chi connectivity index (χ2v) is 7.90. The molecule has 0 saturated carbocycles. The van der Waals surface area contributed by atoms with Crippen LogP contribution >= 0.6 is 0 Å². The number of nitrogen functional groups attached to an aromatic ring is 1. The Morgan fingerprint density at radius 3 is 2.19 bits per heavy atom. The van der Waals surface area contributed by atoms with Gasteiger partial charge in [-0.05, 0) is 30.0 Å². The Bertz CT molecular complexity index is 1600. The van der Waals surface area contributed by atoms with Gasteiger partial charge in [0.15, 0.2) is 0 Å². The Labute approximate surface area is 178 Å². The Kier molecular flexibility index (Phi) is 4.12. The van der Waals surface area contributed by atoms with Crippen molar-refractivity contribution in [3.8, 4) is 16.9 Å². The normalized spacial score (nSPS) is 11.5. The molecule has 3 aromatic carbocycles.